The maximum atomic E-state index is 4.66. The lowest BCUT2D eigenvalue weighted by molar-refractivity contribution is 0.361. The first-order valence-electron chi connectivity index (χ1n) is 6.53. The van der Waals surface area contributed by atoms with E-state index in [4.69, 9.17) is 0 Å². The number of hydrogen-bond donors (Lipinski definition) is 1. The zero-order chi connectivity index (χ0) is 12.5. The summed E-state index contributed by atoms with van der Waals surface area (Å²) in [6, 6.07) is 6.91. The van der Waals surface area contributed by atoms with Crippen molar-refractivity contribution in [2.24, 2.45) is 5.92 Å². The molecule has 0 spiro atoms. The second-order valence-electron chi connectivity index (χ2n) is 5.23. The van der Waals surface area contributed by atoms with Crippen molar-refractivity contribution in [2.75, 3.05) is 5.32 Å². The molecule has 1 aromatic heterocycles. The predicted molar refractivity (Wildman–Crippen MR) is 82.4 cm³/mol. The molecule has 0 radical (unpaired) electrons. The normalized spacial score (nSPS) is 24.3. The number of nitrogens with one attached hydrogen (secondary N) is 1. The average Bonchev–Trinajstić information content (AvgIpc) is 2.73. The molecule has 4 heteroatoms. The molecule has 0 saturated heterocycles. The monoisotopic (exact) mass is 324 g/mol. The summed E-state index contributed by atoms with van der Waals surface area (Å²) in [4.78, 5) is 4.66. The molecule has 1 aliphatic carbocycles. The van der Waals surface area contributed by atoms with Crippen LogP contribution in [-0.4, -0.2) is 11.0 Å². The van der Waals surface area contributed by atoms with Gasteiger partial charge in [-0.1, -0.05) is 34.2 Å². The molecule has 1 aromatic carbocycles. The van der Waals surface area contributed by atoms with E-state index in [9.17, 15) is 0 Å². The van der Waals surface area contributed by atoms with Gasteiger partial charge < -0.3 is 5.32 Å². The van der Waals surface area contributed by atoms with Crippen LogP contribution in [0.5, 0.6) is 0 Å². The van der Waals surface area contributed by atoms with Gasteiger partial charge in [-0.15, -0.1) is 0 Å². The number of halogens is 1. The Morgan fingerprint density at radius 2 is 2.06 bits per heavy atom. The van der Waals surface area contributed by atoms with Crippen molar-refractivity contribution in [3.8, 4) is 0 Å². The molecule has 1 saturated carbocycles. The van der Waals surface area contributed by atoms with Crippen LogP contribution < -0.4 is 5.32 Å². The Labute approximate surface area is 120 Å². The fraction of sp³-hybridized carbons (Fsp3) is 0.500. The molecule has 1 aliphatic rings. The molecular weight excluding hydrogens is 308 g/mol. The van der Waals surface area contributed by atoms with Gasteiger partial charge >= 0.3 is 0 Å². The lowest BCUT2D eigenvalue weighted by Gasteiger charge is -2.26. The number of benzene rings is 1. The van der Waals surface area contributed by atoms with Crippen molar-refractivity contribution in [3.63, 3.8) is 0 Å². The molecule has 0 aliphatic heterocycles. The molecule has 1 N–H and O–H groups in total. The van der Waals surface area contributed by atoms with Crippen LogP contribution in [0, 0.1) is 5.92 Å². The lowest BCUT2D eigenvalue weighted by Crippen LogP contribution is -2.24. The summed E-state index contributed by atoms with van der Waals surface area (Å²) in [7, 11) is 0. The van der Waals surface area contributed by atoms with E-state index >= 15 is 0 Å². The van der Waals surface area contributed by atoms with E-state index in [2.05, 4.69) is 51.4 Å². The largest absolute Gasteiger partial charge is 0.359 e. The van der Waals surface area contributed by atoms with Gasteiger partial charge in [-0.25, -0.2) is 4.98 Å². The Hall–Kier alpha value is -0.610. The van der Waals surface area contributed by atoms with E-state index in [-0.39, 0.29) is 0 Å². The summed E-state index contributed by atoms with van der Waals surface area (Å²) in [5, 5.41) is 4.67. The van der Waals surface area contributed by atoms with Crippen LogP contribution in [0.25, 0.3) is 10.2 Å². The third-order valence-corrected chi connectivity index (χ3v) is 5.15. The Morgan fingerprint density at radius 1 is 1.28 bits per heavy atom. The van der Waals surface area contributed by atoms with Crippen molar-refractivity contribution in [1.82, 2.24) is 4.98 Å². The van der Waals surface area contributed by atoms with Crippen LogP contribution in [0.3, 0.4) is 0 Å². The number of anilines is 1. The van der Waals surface area contributed by atoms with E-state index in [0.29, 0.717) is 6.04 Å². The molecule has 18 heavy (non-hydrogen) atoms. The number of nitrogens with zero attached hydrogens (tertiary/aromatic N) is 1. The number of fused-ring (bicyclic) bond motifs is 1. The van der Waals surface area contributed by atoms with Gasteiger partial charge in [0.15, 0.2) is 5.13 Å². The summed E-state index contributed by atoms with van der Waals surface area (Å²) in [5.41, 5.74) is 1.08. The second kappa shape index (κ2) is 5.17. The molecule has 0 atom stereocenters. The van der Waals surface area contributed by atoms with Crippen LogP contribution in [-0.2, 0) is 0 Å². The topological polar surface area (TPSA) is 24.9 Å². The fourth-order valence-corrected chi connectivity index (χ4v) is 3.81. The van der Waals surface area contributed by atoms with Crippen LogP contribution in [0.1, 0.15) is 32.6 Å². The third kappa shape index (κ3) is 2.69. The maximum Gasteiger partial charge on any atom is 0.184 e. The van der Waals surface area contributed by atoms with Crippen molar-refractivity contribution in [3.05, 3.63) is 22.7 Å². The van der Waals surface area contributed by atoms with Crippen LogP contribution in [0.15, 0.2) is 22.7 Å². The molecule has 0 unspecified atom stereocenters. The summed E-state index contributed by atoms with van der Waals surface area (Å²) in [6.45, 7) is 2.35. The SMILES string of the molecule is CC1CCC(Nc2nc3cc(Br)ccc3s2)CC1. The third-order valence-electron chi connectivity index (χ3n) is 3.69. The number of thiazole rings is 1. The highest BCUT2D eigenvalue weighted by molar-refractivity contribution is 9.10. The van der Waals surface area contributed by atoms with Gasteiger partial charge in [-0.05, 0) is 49.8 Å². The van der Waals surface area contributed by atoms with Gasteiger partial charge in [-0.3, -0.25) is 0 Å². The minimum Gasteiger partial charge on any atom is -0.359 e. The van der Waals surface area contributed by atoms with Crippen molar-refractivity contribution < 1.29 is 0 Å². The molecule has 1 fully saturated rings. The Bertz CT molecular complexity index is 544. The highest BCUT2D eigenvalue weighted by Crippen LogP contribution is 2.31. The second-order valence-corrected chi connectivity index (χ2v) is 7.18. The zero-order valence-corrected chi connectivity index (χ0v) is 12.9. The van der Waals surface area contributed by atoms with Crippen LogP contribution in [0.2, 0.25) is 0 Å². The molecule has 0 bridgehead atoms. The molecule has 2 nitrogen and oxygen atoms in total. The average molecular weight is 325 g/mol. The van der Waals surface area contributed by atoms with Gasteiger partial charge in [0.05, 0.1) is 10.2 Å². The molecule has 1 heterocycles. The number of aromatic nitrogens is 1. The van der Waals surface area contributed by atoms with Crippen molar-refractivity contribution in [1.29, 1.82) is 0 Å². The summed E-state index contributed by atoms with van der Waals surface area (Å²) in [6.07, 6.45) is 5.24. The summed E-state index contributed by atoms with van der Waals surface area (Å²) >= 11 is 5.25. The highest BCUT2D eigenvalue weighted by Gasteiger charge is 2.18. The molecule has 2 aromatic rings. The smallest absolute Gasteiger partial charge is 0.184 e. The van der Waals surface area contributed by atoms with Crippen molar-refractivity contribution in [2.45, 2.75) is 38.6 Å². The Balaban J connectivity index is 1.74. The Morgan fingerprint density at radius 3 is 2.83 bits per heavy atom. The van der Waals surface area contributed by atoms with E-state index < -0.39 is 0 Å². The number of hydrogen-bond acceptors (Lipinski definition) is 3. The number of rotatable bonds is 2. The van der Waals surface area contributed by atoms with Gasteiger partial charge in [-0.2, -0.15) is 0 Å². The first kappa shape index (κ1) is 12.4. The minimum absolute atomic E-state index is 0.616. The Kier molecular flexibility index (Phi) is 3.57. The quantitative estimate of drug-likeness (QED) is 0.836. The first-order valence-corrected chi connectivity index (χ1v) is 8.14. The minimum atomic E-state index is 0.616. The summed E-state index contributed by atoms with van der Waals surface area (Å²) < 4.78 is 2.35. The van der Waals surface area contributed by atoms with E-state index in [1.165, 1.54) is 30.4 Å². The van der Waals surface area contributed by atoms with Crippen molar-refractivity contribution >= 4 is 42.6 Å². The van der Waals surface area contributed by atoms with Gasteiger partial charge in [0, 0.05) is 10.5 Å². The van der Waals surface area contributed by atoms with E-state index in [1.54, 1.807) is 11.3 Å². The lowest BCUT2D eigenvalue weighted by atomic mass is 9.87. The molecule has 96 valence electrons. The fourth-order valence-electron chi connectivity index (χ4n) is 2.54. The van der Waals surface area contributed by atoms with E-state index in [0.717, 1.165) is 21.0 Å². The standard InChI is InChI=1S/C14H17BrN2S/c1-9-2-5-11(6-3-9)16-14-17-12-8-10(15)4-7-13(12)18-14/h4,7-9,11H,2-3,5-6H2,1H3,(H,16,17). The van der Waals surface area contributed by atoms with E-state index in [1.807, 2.05) is 0 Å². The van der Waals surface area contributed by atoms with Gasteiger partial charge in [0.1, 0.15) is 0 Å². The summed E-state index contributed by atoms with van der Waals surface area (Å²) in [5.74, 6) is 0.898. The molecule has 3 rings (SSSR count). The van der Waals surface area contributed by atoms with Gasteiger partial charge in [0.25, 0.3) is 0 Å². The van der Waals surface area contributed by atoms with Crippen LogP contribution in [0.4, 0.5) is 5.13 Å². The molecule has 0 amide bonds. The zero-order valence-electron chi connectivity index (χ0n) is 10.4. The maximum absolute atomic E-state index is 4.66. The predicted octanol–water partition coefficient (Wildman–Crippen LogP) is 5.05. The molecular formula is C14H17BrN2S. The van der Waals surface area contributed by atoms with Gasteiger partial charge in [0.2, 0.25) is 0 Å². The van der Waals surface area contributed by atoms with Crippen LogP contribution >= 0.6 is 27.3 Å². The highest BCUT2D eigenvalue weighted by atomic mass is 79.9. The first-order chi connectivity index (χ1) is 8.70.